The second-order valence-corrected chi connectivity index (χ2v) is 5.19. The van der Waals surface area contributed by atoms with Gasteiger partial charge >= 0.3 is 0 Å². The molecule has 0 aromatic heterocycles. The molecule has 0 heterocycles. The predicted molar refractivity (Wildman–Crippen MR) is 74.3 cm³/mol. The molecule has 2 heteroatoms. The summed E-state index contributed by atoms with van der Waals surface area (Å²) in [6.07, 6.45) is 0. The lowest BCUT2D eigenvalue weighted by Gasteiger charge is -2.24. The van der Waals surface area contributed by atoms with Crippen molar-refractivity contribution in [3.05, 3.63) is 69.3 Å². The largest absolute Gasteiger partial charge is 0.381 e. The fraction of sp³-hybridized carbons (Fsp3) is 0.143. The van der Waals surface area contributed by atoms with Gasteiger partial charge in [0.25, 0.3) is 0 Å². The summed E-state index contributed by atoms with van der Waals surface area (Å²) >= 11 is 2.25. The van der Waals surface area contributed by atoms with E-state index in [9.17, 15) is 5.11 Å². The van der Waals surface area contributed by atoms with Crippen LogP contribution >= 0.6 is 22.6 Å². The van der Waals surface area contributed by atoms with Crippen molar-refractivity contribution >= 4 is 22.6 Å². The first-order valence-electron chi connectivity index (χ1n) is 5.14. The predicted octanol–water partition coefficient (Wildman–Crippen LogP) is 3.55. The minimum Gasteiger partial charge on any atom is -0.381 e. The summed E-state index contributed by atoms with van der Waals surface area (Å²) in [5.41, 5.74) is 0.908. The van der Waals surface area contributed by atoms with Gasteiger partial charge in [-0.1, -0.05) is 42.5 Å². The van der Waals surface area contributed by atoms with Crippen molar-refractivity contribution < 1.29 is 5.11 Å². The van der Waals surface area contributed by atoms with Gasteiger partial charge in [0.15, 0.2) is 0 Å². The molecule has 2 aromatic rings. The van der Waals surface area contributed by atoms with E-state index in [1.54, 1.807) is 0 Å². The monoisotopic (exact) mass is 324 g/mol. The van der Waals surface area contributed by atoms with Crippen LogP contribution in [0.1, 0.15) is 18.1 Å². The highest BCUT2D eigenvalue weighted by Crippen LogP contribution is 2.29. The van der Waals surface area contributed by atoms with Gasteiger partial charge in [-0.3, -0.25) is 0 Å². The van der Waals surface area contributed by atoms with E-state index in [-0.39, 0.29) is 0 Å². The summed E-state index contributed by atoms with van der Waals surface area (Å²) in [7, 11) is 0. The molecule has 82 valence electrons. The van der Waals surface area contributed by atoms with Crippen LogP contribution < -0.4 is 0 Å². The molecule has 1 nitrogen and oxygen atoms in total. The quantitative estimate of drug-likeness (QED) is 0.838. The zero-order valence-electron chi connectivity index (χ0n) is 9.02. The van der Waals surface area contributed by atoms with Gasteiger partial charge in [-0.15, -0.1) is 0 Å². The Bertz CT molecular complexity index is 477. The van der Waals surface area contributed by atoms with Crippen molar-refractivity contribution in [3.8, 4) is 0 Å². The van der Waals surface area contributed by atoms with Crippen molar-refractivity contribution in [1.29, 1.82) is 0 Å². The van der Waals surface area contributed by atoms with E-state index in [1.807, 2.05) is 61.5 Å². The maximum Gasteiger partial charge on any atom is 0.112 e. The van der Waals surface area contributed by atoms with E-state index in [0.717, 1.165) is 14.7 Å². The Kier molecular flexibility index (Phi) is 3.30. The van der Waals surface area contributed by atoms with Gasteiger partial charge < -0.3 is 5.11 Å². The first-order valence-corrected chi connectivity index (χ1v) is 6.22. The molecule has 0 bridgehead atoms. The summed E-state index contributed by atoms with van der Waals surface area (Å²) in [5.74, 6) is 0. The van der Waals surface area contributed by atoms with E-state index in [4.69, 9.17) is 0 Å². The number of rotatable bonds is 2. The second kappa shape index (κ2) is 4.55. The Morgan fingerprint density at radius 3 is 2.19 bits per heavy atom. The van der Waals surface area contributed by atoms with E-state index < -0.39 is 5.60 Å². The topological polar surface area (TPSA) is 20.2 Å². The highest BCUT2D eigenvalue weighted by Gasteiger charge is 2.25. The van der Waals surface area contributed by atoms with Crippen molar-refractivity contribution in [2.75, 3.05) is 0 Å². The van der Waals surface area contributed by atoms with Crippen molar-refractivity contribution in [3.63, 3.8) is 0 Å². The summed E-state index contributed by atoms with van der Waals surface area (Å²) in [6.45, 7) is 1.83. The second-order valence-electron chi connectivity index (χ2n) is 3.95. The Balaban J connectivity index is 2.47. The number of hydrogen-bond donors (Lipinski definition) is 1. The van der Waals surface area contributed by atoms with Crippen LogP contribution in [0.25, 0.3) is 0 Å². The van der Waals surface area contributed by atoms with E-state index in [0.29, 0.717) is 0 Å². The SMILES string of the molecule is CC(O)(c1ccccc1)c1cccc(I)c1. The van der Waals surface area contributed by atoms with Crippen LogP contribution in [0.3, 0.4) is 0 Å². The molecule has 1 unspecified atom stereocenters. The minimum absolute atomic E-state index is 0.914. The highest BCUT2D eigenvalue weighted by atomic mass is 127. The fourth-order valence-electron chi connectivity index (χ4n) is 1.72. The highest BCUT2D eigenvalue weighted by molar-refractivity contribution is 14.1. The molecule has 16 heavy (non-hydrogen) atoms. The molecular weight excluding hydrogens is 311 g/mol. The Labute approximate surface area is 109 Å². The van der Waals surface area contributed by atoms with Crippen LogP contribution in [0.4, 0.5) is 0 Å². The number of aliphatic hydroxyl groups is 1. The van der Waals surface area contributed by atoms with Gasteiger partial charge in [0, 0.05) is 3.57 Å². The summed E-state index contributed by atoms with van der Waals surface area (Å²) < 4.78 is 1.13. The normalized spacial score (nSPS) is 14.4. The average Bonchev–Trinajstić information content (AvgIpc) is 2.30. The van der Waals surface area contributed by atoms with Gasteiger partial charge in [0.2, 0.25) is 0 Å². The lowest BCUT2D eigenvalue weighted by atomic mass is 9.88. The van der Waals surface area contributed by atoms with E-state index in [2.05, 4.69) is 22.6 Å². The maximum absolute atomic E-state index is 10.6. The number of hydrogen-bond acceptors (Lipinski definition) is 1. The van der Waals surface area contributed by atoms with Gasteiger partial charge in [0.1, 0.15) is 5.60 Å². The van der Waals surface area contributed by atoms with Crippen molar-refractivity contribution in [1.82, 2.24) is 0 Å². The van der Waals surface area contributed by atoms with Gasteiger partial charge in [-0.05, 0) is 52.8 Å². The molecule has 0 aliphatic rings. The van der Waals surface area contributed by atoms with Crippen molar-refractivity contribution in [2.24, 2.45) is 0 Å². The molecule has 1 atom stereocenters. The standard InChI is InChI=1S/C14H13IO/c1-14(16,11-6-3-2-4-7-11)12-8-5-9-13(15)10-12/h2-10,16H,1H3. The van der Waals surface area contributed by atoms with Crippen molar-refractivity contribution in [2.45, 2.75) is 12.5 Å². The smallest absolute Gasteiger partial charge is 0.112 e. The Morgan fingerprint density at radius 1 is 0.938 bits per heavy atom. The summed E-state index contributed by atoms with van der Waals surface area (Å²) in [4.78, 5) is 0. The lowest BCUT2D eigenvalue weighted by molar-refractivity contribution is 0.102. The summed E-state index contributed by atoms with van der Waals surface area (Å²) in [5, 5.41) is 10.6. The van der Waals surface area contributed by atoms with E-state index in [1.165, 1.54) is 0 Å². The third-order valence-corrected chi connectivity index (χ3v) is 3.39. The number of benzene rings is 2. The molecule has 2 rings (SSSR count). The Morgan fingerprint density at radius 2 is 1.56 bits per heavy atom. The molecule has 0 spiro atoms. The molecule has 0 aliphatic carbocycles. The molecule has 0 radical (unpaired) electrons. The lowest BCUT2D eigenvalue weighted by Crippen LogP contribution is -2.22. The molecule has 0 saturated carbocycles. The van der Waals surface area contributed by atoms with E-state index >= 15 is 0 Å². The van der Waals surface area contributed by atoms with Gasteiger partial charge in [-0.25, -0.2) is 0 Å². The minimum atomic E-state index is -0.928. The van der Waals surface area contributed by atoms with Crippen LogP contribution in [0.2, 0.25) is 0 Å². The van der Waals surface area contributed by atoms with Crippen LogP contribution in [0.15, 0.2) is 54.6 Å². The van der Waals surface area contributed by atoms with Gasteiger partial charge in [-0.2, -0.15) is 0 Å². The molecule has 0 aliphatic heterocycles. The van der Waals surface area contributed by atoms with Gasteiger partial charge in [0.05, 0.1) is 0 Å². The van der Waals surface area contributed by atoms with Crippen LogP contribution in [-0.4, -0.2) is 5.11 Å². The van der Waals surface area contributed by atoms with Crippen LogP contribution in [-0.2, 0) is 5.60 Å². The third-order valence-electron chi connectivity index (χ3n) is 2.72. The first-order chi connectivity index (χ1) is 7.60. The number of halogens is 1. The Hall–Kier alpha value is -0.870. The molecule has 2 aromatic carbocycles. The first kappa shape index (κ1) is 11.6. The zero-order valence-corrected chi connectivity index (χ0v) is 11.2. The molecule has 0 fully saturated rings. The third kappa shape index (κ3) is 2.28. The summed E-state index contributed by atoms with van der Waals surface area (Å²) in [6, 6.07) is 17.7. The molecular formula is C14H13IO. The van der Waals surface area contributed by atoms with Crippen LogP contribution in [0, 0.1) is 3.57 Å². The molecule has 0 amide bonds. The average molecular weight is 324 g/mol. The zero-order chi connectivity index (χ0) is 11.6. The maximum atomic E-state index is 10.6. The fourth-order valence-corrected chi connectivity index (χ4v) is 2.26. The molecule has 1 N–H and O–H groups in total. The van der Waals surface area contributed by atoms with Crippen LogP contribution in [0.5, 0.6) is 0 Å². The molecule has 0 saturated heterocycles.